The van der Waals surface area contributed by atoms with Crippen LogP contribution in [0.15, 0.2) is 42.5 Å². The van der Waals surface area contributed by atoms with E-state index in [2.05, 4.69) is 0 Å². The Hall–Kier alpha value is -2.29. The summed E-state index contributed by atoms with van der Waals surface area (Å²) in [6.45, 7) is 4.33. The first-order chi connectivity index (χ1) is 9.08. The summed E-state index contributed by atoms with van der Waals surface area (Å²) in [5.41, 5.74) is 3.31. The summed E-state index contributed by atoms with van der Waals surface area (Å²) in [5.74, 6) is -0.0568. The van der Waals surface area contributed by atoms with Crippen molar-refractivity contribution in [1.82, 2.24) is 0 Å². The Morgan fingerprint density at radius 1 is 1.11 bits per heavy atom. The first-order valence-electron chi connectivity index (χ1n) is 6.09. The smallest absolute Gasteiger partial charge is 0.335 e. The van der Waals surface area contributed by atoms with Crippen LogP contribution in [0.4, 0.5) is 0 Å². The van der Waals surface area contributed by atoms with Gasteiger partial charge in [-0.25, -0.2) is 4.79 Å². The largest absolute Gasteiger partial charge is 0.489 e. The first-order valence-corrected chi connectivity index (χ1v) is 6.09. The molecule has 3 nitrogen and oxygen atoms in total. The Balaban J connectivity index is 2.12. The predicted octanol–water partition coefficient (Wildman–Crippen LogP) is 3.58. The molecule has 0 unspecified atom stereocenters. The Morgan fingerprint density at radius 3 is 2.47 bits per heavy atom. The fourth-order valence-corrected chi connectivity index (χ4v) is 1.86. The minimum absolute atomic E-state index is 0.303. The van der Waals surface area contributed by atoms with Crippen molar-refractivity contribution in [2.24, 2.45) is 0 Å². The number of hydrogen-bond acceptors (Lipinski definition) is 2. The van der Waals surface area contributed by atoms with Gasteiger partial charge < -0.3 is 9.84 Å². The molecule has 0 heterocycles. The SMILES string of the molecule is Cc1cc(C(=O)O)ccc1COc1ccccc1C. The van der Waals surface area contributed by atoms with Gasteiger partial charge in [-0.2, -0.15) is 0 Å². The molecule has 0 amide bonds. The van der Waals surface area contributed by atoms with Crippen LogP contribution in [0.25, 0.3) is 0 Å². The lowest BCUT2D eigenvalue weighted by molar-refractivity contribution is 0.0696. The van der Waals surface area contributed by atoms with E-state index in [9.17, 15) is 4.79 Å². The minimum Gasteiger partial charge on any atom is -0.489 e. The molecule has 0 aliphatic rings. The van der Waals surface area contributed by atoms with Crippen LogP contribution < -0.4 is 4.74 Å². The zero-order valence-corrected chi connectivity index (χ0v) is 11.0. The molecule has 0 fully saturated rings. The van der Waals surface area contributed by atoms with Crippen LogP contribution in [-0.2, 0) is 6.61 Å². The van der Waals surface area contributed by atoms with Crippen molar-refractivity contribution in [3.63, 3.8) is 0 Å². The Bertz CT molecular complexity index is 603. The van der Waals surface area contributed by atoms with Crippen LogP contribution >= 0.6 is 0 Å². The van der Waals surface area contributed by atoms with Gasteiger partial charge in [0.15, 0.2) is 0 Å². The number of hydrogen-bond donors (Lipinski definition) is 1. The molecule has 98 valence electrons. The maximum Gasteiger partial charge on any atom is 0.335 e. The summed E-state index contributed by atoms with van der Waals surface area (Å²) in [6, 6.07) is 12.9. The molecule has 0 bridgehead atoms. The molecule has 2 aromatic carbocycles. The minimum atomic E-state index is -0.908. The summed E-state index contributed by atoms with van der Waals surface area (Å²) in [7, 11) is 0. The maximum atomic E-state index is 10.9. The van der Waals surface area contributed by atoms with Gasteiger partial charge in [0, 0.05) is 0 Å². The van der Waals surface area contributed by atoms with Crippen LogP contribution in [0, 0.1) is 13.8 Å². The Morgan fingerprint density at radius 2 is 1.84 bits per heavy atom. The number of ether oxygens (including phenoxy) is 1. The highest BCUT2D eigenvalue weighted by Gasteiger charge is 2.06. The lowest BCUT2D eigenvalue weighted by atomic mass is 10.1. The van der Waals surface area contributed by atoms with E-state index in [-0.39, 0.29) is 0 Å². The number of carbonyl (C=O) groups is 1. The van der Waals surface area contributed by atoms with Gasteiger partial charge in [-0.15, -0.1) is 0 Å². The van der Waals surface area contributed by atoms with Crippen LogP contribution in [0.2, 0.25) is 0 Å². The Labute approximate surface area is 112 Å². The summed E-state index contributed by atoms with van der Waals surface area (Å²) in [5, 5.41) is 8.91. The van der Waals surface area contributed by atoms with Gasteiger partial charge >= 0.3 is 5.97 Å². The second-order valence-corrected chi connectivity index (χ2v) is 4.50. The second-order valence-electron chi connectivity index (χ2n) is 4.50. The highest BCUT2D eigenvalue weighted by atomic mass is 16.5. The number of rotatable bonds is 4. The quantitative estimate of drug-likeness (QED) is 0.909. The van der Waals surface area contributed by atoms with Gasteiger partial charge in [0.2, 0.25) is 0 Å². The molecular weight excluding hydrogens is 240 g/mol. The molecule has 0 saturated carbocycles. The fourth-order valence-electron chi connectivity index (χ4n) is 1.86. The van der Waals surface area contributed by atoms with Crippen molar-refractivity contribution in [2.45, 2.75) is 20.5 Å². The van der Waals surface area contributed by atoms with Gasteiger partial charge in [-0.3, -0.25) is 0 Å². The van der Waals surface area contributed by atoms with E-state index in [0.717, 1.165) is 22.4 Å². The highest BCUT2D eigenvalue weighted by molar-refractivity contribution is 5.87. The van der Waals surface area contributed by atoms with E-state index in [1.807, 2.05) is 38.1 Å². The summed E-state index contributed by atoms with van der Waals surface area (Å²) in [6.07, 6.45) is 0. The number of para-hydroxylation sites is 1. The van der Waals surface area contributed by atoms with Crippen molar-refractivity contribution in [2.75, 3.05) is 0 Å². The molecule has 1 N–H and O–H groups in total. The van der Waals surface area contributed by atoms with E-state index < -0.39 is 5.97 Å². The molecular formula is C16H16O3. The zero-order valence-electron chi connectivity index (χ0n) is 11.0. The number of carboxylic acids is 1. The maximum absolute atomic E-state index is 10.9. The average Bonchev–Trinajstić information content (AvgIpc) is 2.39. The third-order valence-electron chi connectivity index (χ3n) is 3.07. The van der Waals surface area contributed by atoms with E-state index in [4.69, 9.17) is 9.84 Å². The number of aromatic carboxylic acids is 1. The number of aryl methyl sites for hydroxylation is 2. The molecule has 0 aliphatic carbocycles. The van der Waals surface area contributed by atoms with Crippen LogP contribution in [0.3, 0.4) is 0 Å². The van der Waals surface area contributed by atoms with Crippen LogP contribution in [0.1, 0.15) is 27.0 Å². The van der Waals surface area contributed by atoms with E-state index in [0.29, 0.717) is 12.2 Å². The van der Waals surface area contributed by atoms with E-state index in [1.54, 1.807) is 18.2 Å². The third kappa shape index (κ3) is 3.13. The summed E-state index contributed by atoms with van der Waals surface area (Å²) >= 11 is 0. The molecule has 0 radical (unpaired) electrons. The average molecular weight is 256 g/mol. The van der Waals surface area contributed by atoms with Gasteiger partial charge in [0.1, 0.15) is 12.4 Å². The highest BCUT2D eigenvalue weighted by Crippen LogP contribution is 2.19. The molecule has 3 heteroatoms. The van der Waals surface area contributed by atoms with Crippen LogP contribution in [-0.4, -0.2) is 11.1 Å². The second kappa shape index (κ2) is 5.57. The van der Waals surface area contributed by atoms with E-state index in [1.165, 1.54) is 0 Å². The molecule has 0 atom stereocenters. The fraction of sp³-hybridized carbons (Fsp3) is 0.188. The molecule has 0 aliphatic heterocycles. The molecule has 0 spiro atoms. The van der Waals surface area contributed by atoms with E-state index >= 15 is 0 Å². The monoisotopic (exact) mass is 256 g/mol. The van der Waals surface area contributed by atoms with Crippen molar-refractivity contribution in [3.05, 3.63) is 64.7 Å². The van der Waals surface area contributed by atoms with Gasteiger partial charge in [0.25, 0.3) is 0 Å². The summed E-state index contributed by atoms with van der Waals surface area (Å²) < 4.78 is 5.76. The third-order valence-corrected chi connectivity index (χ3v) is 3.07. The lowest BCUT2D eigenvalue weighted by Gasteiger charge is -2.11. The van der Waals surface area contributed by atoms with Gasteiger partial charge in [-0.1, -0.05) is 24.3 Å². The zero-order chi connectivity index (χ0) is 13.8. The molecule has 0 aromatic heterocycles. The topological polar surface area (TPSA) is 46.5 Å². The van der Waals surface area contributed by atoms with Crippen molar-refractivity contribution >= 4 is 5.97 Å². The van der Waals surface area contributed by atoms with Crippen molar-refractivity contribution in [3.8, 4) is 5.75 Å². The summed E-state index contributed by atoms with van der Waals surface area (Å²) in [4.78, 5) is 10.9. The lowest BCUT2D eigenvalue weighted by Crippen LogP contribution is -2.02. The van der Waals surface area contributed by atoms with Gasteiger partial charge in [0.05, 0.1) is 5.56 Å². The predicted molar refractivity (Wildman–Crippen MR) is 73.6 cm³/mol. The molecule has 19 heavy (non-hydrogen) atoms. The standard InChI is InChI=1S/C16H16O3/c1-11-5-3-4-6-15(11)19-10-14-8-7-13(16(17)18)9-12(14)2/h3-9H,10H2,1-2H3,(H,17,18). The molecule has 2 aromatic rings. The number of benzene rings is 2. The Kier molecular flexibility index (Phi) is 3.85. The molecule has 0 saturated heterocycles. The van der Waals surface area contributed by atoms with Gasteiger partial charge in [-0.05, 0) is 48.7 Å². The van der Waals surface area contributed by atoms with Crippen molar-refractivity contribution < 1.29 is 14.6 Å². The molecule has 2 rings (SSSR count). The van der Waals surface area contributed by atoms with Crippen molar-refractivity contribution in [1.29, 1.82) is 0 Å². The first kappa shape index (κ1) is 13.1. The van der Waals surface area contributed by atoms with Crippen LogP contribution in [0.5, 0.6) is 5.75 Å². The number of carboxylic acid groups (broad SMARTS) is 1. The normalized spacial score (nSPS) is 10.2.